The molecular formula is C18H21NO2. The highest BCUT2D eigenvalue weighted by Gasteiger charge is 2.23. The fourth-order valence-electron chi connectivity index (χ4n) is 2.48. The summed E-state index contributed by atoms with van der Waals surface area (Å²) >= 11 is 0. The van der Waals surface area contributed by atoms with Gasteiger partial charge in [-0.05, 0) is 38.2 Å². The van der Waals surface area contributed by atoms with E-state index in [-0.39, 0.29) is 17.5 Å². The summed E-state index contributed by atoms with van der Waals surface area (Å²) in [5, 5.41) is 9.90. The zero-order valence-corrected chi connectivity index (χ0v) is 12.5. The molecule has 1 atom stereocenters. The number of hydrogen-bond donors (Lipinski definition) is 1. The molecule has 110 valence electrons. The molecule has 0 spiro atoms. The summed E-state index contributed by atoms with van der Waals surface area (Å²) in [4.78, 5) is 14.7. The Kier molecular flexibility index (Phi) is 5.12. The van der Waals surface area contributed by atoms with E-state index in [0.29, 0.717) is 18.5 Å². The average molecular weight is 283 g/mol. The summed E-state index contributed by atoms with van der Waals surface area (Å²) in [5.41, 5.74) is 1.54. The van der Waals surface area contributed by atoms with Gasteiger partial charge in [-0.2, -0.15) is 0 Å². The van der Waals surface area contributed by atoms with Crippen molar-refractivity contribution in [2.24, 2.45) is 5.92 Å². The zero-order chi connectivity index (χ0) is 15.2. The van der Waals surface area contributed by atoms with Crippen LogP contribution in [0.2, 0.25) is 0 Å². The zero-order valence-electron chi connectivity index (χ0n) is 12.5. The number of Topliss-reactive ketones (excluding diaryl/α,β-unsaturated/α-hetero) is 1. The Morgan fingerprint density at radius 2 is 1.67 bits per heavy atom. The first-order chi connectivity index (χ1) is 10.1. The predicted molar refractivity (Wildman–Crippen MR) is 84.6 cm³/mol. The minimum atomic E-state index is -0.171. The van der Waals surface area contributed by atoms with Crippen LogP contribution >= 0.6 is 0 Å². The number of rotatable bonds is 6. The Bertz CT molecular complexity index is 593. The standard InChI is InChI=1S/C18H21NO2/c1-19(2)13-15(12-14-8-4-3-5-9-14)18(21)16-10-6-7-11-17(16)20/h3-11,15,20H,12-13H2,1-2H3/t15-/m0/s1. The van der Waals surface area contributed by atoms with Gasteiger partial charge in [0.05, 0.1) is 5.56 Å². The summed E-state index contributed by atoms with van der Waals surface area (Å²) in [5.74, 6) is -0.124. The third kappa shape index (κ3) is 4.17. The van der Waals surface area contributed by atoms with Gasteiger partial charge in [-0.1, -0.05) is 42.5 Å². The number of carbonyl (C=O) groups excluding carboxylic acids is 1. The molecule has 0 aliphatic rings. The first-order valence-corrected chi connectivity index (χ1v) is 7.09. The van der Waals surface area contributed by atoms with Gasteiger partial charge in [0, 0.05) is 12.5 Å². The third-order valence-electron chi connectivity index (χ3n) is 3.45. The lowest BCUT2D eigenvalue weighted by Gasteiger charge is -2.20. The molecule has 2 rings (SSSR count). The number of phenolic OH excluding ortho intramolecular Hbond substituents is 1. The van der Waals surface area contributed by atoms with Crippen LogP contribution in [-0.4, -0.2) is 36.4 Å². The normalized spacial score (nSPS) is 12.3. The Labute approximate surface area is 125 Å². The molecule has 0 aromatic heterocycles. The minimum absolute atomic E-state index is 0.00865. The van der Waals surface area contributed by atoms with Crippen LogP contribution in [0.25, 0.3) is 0 Å². The lowest BCUT2D eigenvalue weighted by atomic mass is 9.90. The maximum atomic E-state index is 12.7. The molecule has 0 bridgehead atoms. The van der Waals surface area contributed by atoms with Crippen molar-refractivity contribution >= 4 is 5.78 Å². The molecule has 0 saturated heterocycles. The van der Waals surface area contributed by atoms with Crippen molar-refractivity contribution in [3.8, 4) is 5.75 Å². The second kappa shape index (κ2) is 7.04. The van der Waals surface area contributed by atoms with Gasteiger partial charge in [0.1, 0.15) is 5.75 Å². The number of hydrogen-bond acceptors (Lipinski definition) is 3. The lowest BCUT2D eigenvalue weighted by Crippen LogP contribution is -2.29. The van der Waals surface area contributed by atoms with Crippen LogP contribution in [0, 0.1) is 5.92 Å². The minimum Gasteiger partial charge on any atom is -0.507 e. The van der Waals surface area contributed by atoms with E-state index in [0.717, 1.165) is 5.56 Å². The van der Waals surface area contributed by atoms with Gasteiger partial charge >= 0.3 is 0 Å². The molecule has 0 amide bonds. The highest BCUT2D eigenvalue weighted by molar-refractivity contribution is 6.00. The van der Waals surface area contributed by atoms with E-state index in [2.05, 4.69) is 0 Å². The van der Waals surface area contributed by atoms with Crippen molar-refractivity contribution in [3.05, 3.63) is 65.7 Å². The van der Waals surface area contributed by atoms with Crippen molar-refractivity contribution in [1.29, 1.82) is 0 Å². The first kappa shape index (κ1) is 15.3. The number of para-hydroxylation sites is 1. The molecule has 0 unspecified atom stereocenters. The molecular weight excluding hydrogens is 262 g/mol. The number of benzene rings is 2. The molecule has 1 N–H and O–H groups in total. The maximum Gasteiger partial charge on any atom is 0.171 e. The molecule has 0 fully saturated rings. The molecule has 0 saturated carbocycles. The van der Waals surface area contributed by atoms with Gasteiger partial charge < -0.3 is 10.0 Å². The van der Waals surface area contributed by atoms with Crippen LogP contribution in [0.5, 0.6) is 5.75 Å². The molecule has 2 aromatic rings. The number of aromatic hydroxyl groups is 1. The number of nitrogens with zero attached hydrogens (tertiary/aromatic N) is 1. The van der Waals surface area contributed by atoms with Crippen molar-refractivity contribution < 1.29 is 9.90 Å². The Morgan fingerprint density at radius 3 is 2.29 bits per heavy atom. The van der Waals surface area contributed by atoms with Crippen molar-refractivity contribution in [1.82, 2.24) is 4.90 Å². The van der Waals surface area contributed by atoms with E-state index in [9.17, 15) is 9.90 Å². The maximum absolute atomic E-state index is 12.7. The predicted octanol–water partition coefficient (Wildman–Crippen LogP) is 3.00. The molecule has 3 heteroatoms. The number of carbonyl (C=O) groups is 1. The third-order valence-corrected chi connectivity index (χ3v) is 3.45. The Balaban J connectivity index is 2.23. The van der Waals surface area contributed by atoms with E-state index in [4.69, 9.17) is 0 Å². The van der Waals surface area contributed by atoms with Crippen LogP contribution < -0.4 is 0 Å². The second-order valence-electron chi connectivity index (χ2n) is 5.53. The molecule has 0 heterocycles. The SMILES string of the molecule is CN(C)C[C@H](Cc1ccccc1)C(=O)c1ccccc1O. The van der Waals surface area contributed by atoms with Gasteiger partial charge in [0.2, 0.25) is 0 Å². The van der Waals surface area contributed by atoms with Gasteiger partial charge in [0.15, 0.2) is 5.78 Å². The van der Waals surface area contributed by atoms with E-state index < -0.39 is 0 Å². The number of phenols is 1. The van der Waals surface area contributed by atoms with Crippen molar-refractivity contribution in [2.75, 3.05) is 20.6 Å². The van der Waals surface area contributed by atoms with Crippen molar-refractivity contribution in [3.63, 3.8) is 0 Å². The fourth-order valence-corrected chi connectivity index (χ4v) is 2.48. The van der Waals surface area contributed by atoms with Gasteiger partial charge in [0.25, 0.3) is 0 Å². The molecule has 21 heavy (non-hydrogen) atoms. The van der Waals surface area contributed by atoms with Crippen LogP contribution in [-0.2, 0) is 6.42 Å². The van der Waals surface area contributed by atoms with Gasteiger partial charge in [-0.15, -0.1) is 0 Å². The molecule has 0 aliphatic heterocycles. The molecule has 2 aromatic carbocycles. The second-order valence-corrected chi connectivity index (χ2v) is 5.53. The summed E-state index contributed by atoms with van der Waals surface area (Å²) in [7, 11) is 3.91. The fraction of sp³-hybridized carbons (Fsp3) is 0.278. The first-order valence-electron chi connectivity index (χ1n) is 7.09. The summed E-state index contributed by atoms with van der Waals surface area (Å²) < 4.78 is 0. The Hall–Kier alpha value is -2.13. The van der Waals surface area contributed by atoms with Crippen molar-refractivity contribution in [2.45, 2.75) is 6.42 Å². The largest absolute Gasteiger partial charge is 0.507 e. The van der Waals surface area contributed by atoms with E-state index in [1.807, 2.05) is 49.3 Å². The summed E-state index contributed by atoms with van der Waals surface area (Å²) in [6, 6.07) is 16.7. The summed E-state index contributed by atoms with van der Waals surface area (Å²) in [6.07, 6.45) is 0.673. The lowest BCUT2D eigenvalue weighted by molar-refractivity contribution is 0.0894. The summed E-state index contributed by atoms with van der Waals surface area (Å²) in [6.45, 7) is 0.655. The van der Waals surface area contributed by atoms with Gasteiger partial charge in [-0.25, -0.2) is 0 Å². The van der Waals surface area contributed by atoms with E-state index in [1.165, 1.54) is 0 Å². The quantitative estimate of drug-likeness (QED) is 0.829. The van der Waals surface area contributed by atoms with Crippen LogP contribution in [0.1, 0.15) is 15.9 Å². The monoisotopic (exact) mass is 283 g/mol. The van der Waals surface area contributed by atoms with Gasteiger partial charge in [-0.3, -0.25) is 4.79 Å². The van der Waals surface area contributed by atoms with E-state index in [1.54, 1.807) is 24.3 Å². The van der Waals surface area contributed by atoms with E-state index >= 15 is 0 Å². The van der Waals surface area contributed by atoms with Crippen LogP contribution in [0.4, 0.5) is 0 Å². The smallest absolute Gasteiger partial charge is 0.171 e. The molecule has 0 aliphatic carbocycles. The highest BCUT2D eigenvalue weighted by Crippen LogP contribution is 2.22. The van der Waals surface area contributed by atoms with Crippen LogP contribution in [0.15, 0.2) is 54.6 Å². The van der Waals surface area contributed by atoms with Crippen LogP contribution in [0.3, 0.4) is 0 Å². The molecule has 0 radical (unpaired) electrons. The highest BCUT2D eigenvalue weighted by atomic mass is 16.3. The number of ketones is 1. The molecule has 3 nitrogen and oxygen atoms in total. The topological polar surface area (TPSA) is 40.5 Å². The Morgan fingerprint density at radius 1 is 1.05 bits per heavy atom. The average Bonchev–Trinajstić information content (AvgIpc) is 2.47.